The first-order chi connectivity index (χ1) is 12.6. The van der Waals surface area contributed by atoms with Gasteiger partial charge in [-0.25, -0.2) is 5.43 Å². The molecule has 3 rings (SSSR count). The second-order valence-corrected chi connectivity index (χ2v) is 6.65. The molecule has 0 radical (unpaired) electrons. The van der Waals surface area contributed by atoms with Gasteiger partial charge in [0, 0.05) is 15.5 Å². The third-order valence-electron chi connectivity index (χ3n) is 3.34. The van der Waals surface area contributed by atoms with Crippen LogP contribution in [0, 0.1) is 0 Å². The minimum Gasteiger partial charge on any atom is -0.497 e. The summed E-state index contributed by atoms with van der Waals surface area (Å²) in [5, 5.41) is 5.32. The highest BCUT2D eigenvalue weighted by molar-refractivity contribution is 7.99. The van der Waals surface area contributed by atoms with Crippen LogP contribution in [0.4, 0.5) is 0 Å². The van der Waals surface area contributed by atoms with Gasteiger partial charge in [-0.3, -0.25) is 4.79 Å². The first kappa shape index (κ1) is 18.1. The summed E-state index contributed by atoms with van der Waals surface area (Å²) >= 11 is 7.34. The standard InChI is InChI=1S/C19H15ClN2O3S/c1-24-15-6-2-13(3-7-15)19(23)22-21-12-16-8-11-18(25-16)26-17-9-4-14(20)5-10-17/h2-12H,1H3,(H,22,23)/b21-12-. The van der Waals surface area contributed by atoms with Crippen LogP contribution in [0.5, 0.6) is 5.75 Å². The SMILES string of the molecule is COc1ccc(C(=O)N/N=C\c2ccc(Sc3ccc(Cl)cc3)o2)cc1. The normalized spacial score (nSPS) is 10.8. The Labute approximate surface area is 160 Å². The maximum absolute atomic E-state index is 12.0. The molecule has 1 heterocycles. The van der Waals surface area contributed by atoms with Gasteiger partial charge >= 0.3 is 0 Å². The Morgan fingerprint density at radius 1 is 1.12 bits per heavy atom. The largest absolute Gasteiger partial charge is 0.497 e. The molecule has 0 spiro atoms. The number of amides is 1. The number of carbonyl (C=O) groups excluding carboxylic acids is 1. The zero-order valence-corrected chi connectivity index (χ0v) is 15.4. The number of nitrogens with zero attached hydrogens (tertiary/aromatic N) is 1. The fraction of sp³-hybridized carbons (Fsp3) is 0.0526. The lowest BCUT2D eigenvalue weighted by atomic mass is 10.2. The van der Waals surface area contributed by atoms with Crippen LogP contribution < -0.4 is 10.2 Å². The van der Waals surface area contributed by atoms with E-state index in [-0.39, 0.29) is 5.91 Å². The number of furan rings is 1. The first-order valence-corrected chi connectivity index (χ1v) is 8.84. The number of halogens is 1. The van der Waals surface area contributed by atoms with Crippen LogP contribution in [0.2, 0.25) is 5.02 Å². The molecule has 26 heavy (non-hydrogen) atoms. The fourth-order valence-electron chi connectivity index (χ4n) is 2.04. The molecule has 2 aromatic carbocycles. The van der Waals surface area contributed by atoms with Gasteiger partial charge in [0.15, 0.2) is 5.09 Å². The Morgan fingerprint density at radius 3 is 2.54 bits per heavy atom. The van der Waals surface area contributed by atoms with E-state index in [4.69, 9.17) is 20.8 Å². The number of hydrogen-bond acceptors (Lipinski definition) is 5. The molecule has 1 aromatic heterocycles. The highest BCUT2D eigenvalue weighted by Gasteiger charge is 2.05. The summed E-state index contributed by atoms with van der Waals surface area (Å²) in [4.78, 5) is 13.0. The Bertz CT molecular complexity index is 905. The molecular formula is C19H15ClN2O3S. The zero-order valence-electron chi connectivity index (χ0n) is 13.8. The third kappa shape index (κ3) is 4.91. The van der Waals surface area contributed by atoms with E-state index in [0.717, 1.165) is 9.99 Å². The summed E-state index contributed by atoms with van der Waals surface area (Å²) in [5.74, 6) is 0.911. The third-order valence-corrected chi connectivity index (χ3v) is 4.52. The molecule has 7 heteroatoms. The smallest absolute Gasteiger partial charge is 0.271 e. The lowest BCUT2D eigenvalue weighted by molar-refractivity contribution is 0.0955. The number of hydrazone groups is 1. The van der Waals surface area contributed by atoms with Crippen LogP contribution in [0.1, 0.15) is 16.1 Å². The molecule has 0 unspecified atom stereocenters. The summed E-state index contributed by atoms with van der Waals surface area (Å²) in [6, 6.07) is 17.9. The number of carbonyl (C=O) groups is 1. The second-order valence-electron chi connectivity index (χ2n) is 5.14. The van der Waals surface area contributed by atoms with Gasteiger partial charge in [-0.1, -0.05) is 23.4 Å². The minimum absolute atomic E-state index is 0.314. The Kier molecular flexibility index (Phi) is 5.99. The van der Waals surface area contributed by atoms with Gasteiger partial charge in [-0.2, -0.15) is 5.10 Å². The van der Waals surface area contributed by atoms with Gasteiger partial charge in [-0.05, 0) is 60.7 Å². The molecule has 0 aliphatic carbocycles. The van der Waals surface area contributed by atoms with Crippen molar-refractivity contribution in [3.8, 4) is 5.75 Å². The molecule has 0 fully saturated rings. The van der Waals surface area contributed by atoms with E-state index >= 15 is 0 Å². The minimum atomic E-state index is -0.314. The van der Waals surface area contributed by atoms with Crippen LogP contribution in [0.15, 0.2) is 80.2 Å². The Balaban J connectivity index is 1.56. The number of methoxy groups -OCH3 is 1. The topological polar surface area (TPSA) is 63.8 Å². The van der Waals surface area contributed by atoms with Crippen LogP contribution in [-0.2, 0) is 0 Å². The van der Waals surface area contributed by atoms with Gasteiger partial charge in [-0.15, -0.1) is 0 Å². The maximum Gasteiger partial charge on any atom is 0.271 e. The van der Waals surface area contributed by atoms with Gasteiger partial charge in [0.1, 0.15) is 11.5 Å². The van der Waals surface area contributed by atoms with E-state index in [0.29, 0.717) is 22.1 Å². The summed E-state index contributed by atoms with van der Waals surface area (Å²) in [6.07, 6.45) is 1.45. The number of rotatable bonds is 6. The fourth-order valence-corrected chi connectivity index (χ4v) is 2.94. The number of hydrogen-bond donors (Lipinski definition) is 1. The average Bonchev–Trinajstić information content (AvgIpc) is 3.11. The molecule has 0 atom stereocenters. The number of benzene rings is 2. The van der Waals surface area contributed by atoms with Crippen LogP contribution in [0.3, 0.4) is 0 Å². The quantitative estimate of drug-likeness (QED) is 0.485. The van der Waals surface area contributed by atoms with Gasteiger partial charge < -0.3 is 9.15 Å². The van der Waals surface area contributed by atoms with Gasteiger partial charge in [0.2, 0.25) is 0 Å². The van der Waals surface area contributed by atoms with Crippen molar-refractivity contribution in [2.75, 3.05) is 7.11 Å². The van der Waals surface area contributed by atoms with E-state index in [1.54, 1.807) is 37.4 Å². The molecule has 0 aliphatic heterocycles. The number of nitrogens with one attached hydrogen (secondary N) is 1. The summed E-state index contributed by atoms with van der Waals surface area (Å²) in [5.41, 5.74) is 2.95. The van der Waals surface area contributed by atoms with E-state index in [9.17, 15) is 4.79 Å². The van der Waals surface area contributed by atoms with E-state index in [2.05, 4.69) is 10.5 Å². The average molecular weight is 387 g/mol. The summed E-state index contributed by atoms with van der Waals surface area (Å²) in [7, 11) is 1.57. The van der Waals surface area contributed by atoms with Crippen molar-refractivity contribution >= 4 is 35.5 Å². The van der Waals surface area contributed by atoms with Crippen molar-refractivity contribution in [3.63, 3.8) is 0 Å². The van der Waals surface area contributed by atoms with Crippen LogP contribution in [0.25, 0.3) is 0 Å². The molecule has 0 bridgehead atoms. The molecule has 0 saturated heterocycles. The molecule has 3 aromatic rings. The first-order valence-electron chi connectivity index (χ1n) is 7.65. The summed E-state index contributed by atoms with van der Waals surface area (Å²) in [6.45, 7) is 0. The molecular weight excluding hydrogens is 372 g/mol. The summed E-state index contributed by atoms with van der Waals surface area (Å²) < 4.78 is 10.7. The maximum atomic E-state index is 12.0. The molecule has 5 nitrogen and oxygen atoms in total. The monoisotopic (exact) mass is 386 g/mol. The van der Waals surface area contributed by atoms with E-state index < -0.39 is 0 Å². The van der Waals surface area contributed by atoms with Crippen molar-refractivity contribution in [2.45, 2.75) is 9.99 Å². The molecule has 0 saturated carbocycles. The predicted molar refractivity (Wildman–Crippen MR) is 102 cm³/mol. The zero-order chi connectivity index (χ0) is 18.4. The highest BCUT2D eigenvalue weighted by atomic mass is 35.5. The lowest BCUT2D eigenvalue weighted by Crippen LogP contribution is -2.17. The van der Waals surface area contributed by atoms with Crippen molar-refractivity contribution < 1.29 is 13.9 Å². The highest BCUT2D eigenvalue weighted by Crippen LogP contribution is 2.29. The Hall–Kier alpha value is -2.70. The molecule has 0 aliphatic rings. The van der Waals surface area contributed by atoms with Crippen molar-refractivity contribution in [3.05, 3.63) is 77.0 Å². The molecule has 132 valence electrons. The van der Waals surface area contributed by atoms with Crippen molar-refractivity contribution in [1.82, 2.24) is 5.43 Å². The molecule has 1 N–H and O–H groups in total. The lowest BCUT2D eigenvalue weighted by Gasteiger charge is -2.01. The van der Waals surface area contributed by atoms with Gasteiger partial charge in [0.25, 0.3) is 5.91 Å². The molecule has 1 amide bonds. The van der Waals surface area contributed by atoms with Crippen LogP contribution in [-0.4, -0.2) is 19.2 Å². The second kappa shape index (κ2) is 8.60. The van der Waals surface area contributed by atoms with Crippen LogP contribution >= 0.6 is 23.4 Å². The predicted octanol–water partition coefficient (Wildman–Crippen LogP) is 4.86. The van der Waals surface area contributed by atoms with E-state index in [1.165, 1.54) is 18.0 Å². The van der Waals surface area contributed by atoms with Crippen molar-refractivity contribution in [1.29, 1.82) is 0 Å². The number of ether oxygens (including phenoxy) is 1. The van der Waals surface area contributed by atoms with Gasteiger partial charge in [0.05, 0.1) is 13.3 Å². The van der Waals surface area contributed by atoms with E-state index in [1.807, 2.05) is 30.3 Å². The Morgan fingerprint density at radius 2 is 1.85 bits per heavy atom. The van der Waals surface area contributed by atoms with Crippen molar-refractivity contribution in [2.24, 2.45) is 5.10 Å².